The van der Waals surface area contributed by atoms with Gasteiger partial charge >= 0.3 is 12.1 Å². The highest BCUT2D eigenvalue weighted by Gasteiger charge is 2.49. The fraction of sp³-hybridized carbons (Fsp3) is 0.727. The molecule has 1 aliphatic heterocycles. The summed E-state index contributed by atoms with van der Waals surface area (Å²) in [6, 6.07) is 0. The number of unbranched alkanes of at least 4 members (excludes halogenated alkanes) is 1. The van der Waals surface area contributed by atoms with E-state index in [-0.39, 0.29) is 5.92 Å². The molecule has 1 N–H and O–H groups in total. The molecule has 5 nitrogen and oxygen atoms in total. The summed E-state index contributed by atoms with van der Waals surface area (Å²) in [5, 5.41) is 9.08. The lowest BCUT2D eigenvalue weighted by atomic mass is 9.87. The van der Waals surface area contributed by atoms with Crippen molar-refractivity contribution in [2.24, 2.45) is 10.9 Å². The van der Waals surface area contributed by atoms with Crippen molar-refractivity contribution in [2.45, 2.75) is 45.6 Å². The molecule has 1 rings (SSSR count). The number of hydrogen-bond donors (Lipinski definition) is 1. The lowest BCUT2D eigenvalue weighted by molar-refractivity contribution is -0.149. The van der Waals surface area contributed by atoms with Crippen LogP contribution in [0.1, 0.15) is 40.0 Å². The Kier molecular flexibility index (Phi) is 3.67. The van der Waals surface area contributed by atoms with Crippen molar-refractivity contribution < 1.29 is 19.4 Å². The highest BCUT2D eigenvalue weighted by Crippen LogP contribution is 2.28. The van der Waals surface area contributed by atoms with Gasteiger partial charge in [-0.25, -0.2) is 9.59 Å². The van der Waals surface area contributed by atoms with Gasteiger partial charge in [-0.2, -0.15) is 4.99 Å². The van der Waals surface area contributed by atoms with Gasteiger partial charge in [-0.05, 0) is 19.3 Å². The third-order valence-corrected chi connectivity index (χ3v) is 2.86. The first-order valence-corrected chi connectivity index (χ1v) is 5.47. The molecule has 16 heavy (non-hydrogen) atoms. The zero-order valence-corrected chi connectivity index (χ0v) is 9.82. The predicted octanol–water partition coefficient (Wildman–Crippen LogP) is 2.25. The molecular formula is C11H17NO4. The van der Waals surface area contributed by atoms with Crippen LogP contribution < -0.4 is 0 Å². The Labute approximate surface area is 94.5 Å². The van der Waals surface area contributed by atoms with Crippen molar-refractivity contribution in [3.8, 4) is 0 Å². The van der Waals surface area contributed by atoms with E-state index in [1.54, 1.807) is 0 Å². The maximum atomic E-state index is 11.1. The first-order valence-electron chi connectivity index (χ1n) is 5.47. The van der Waals surface area contributed by atoms with Crippen molar-refractivity contribution >= 4 is 17.8 Å². The van der Waals surface area contributed by atoms with Crippen LogP contribution in [0, 0.1) is 5.92 Å². The zero-order chi connectivity index (χ0) is 12.3. The van der Waals surface area contributed by atoms with E-state index in [0.717, 1.165) is 19.3 Å². The normalized spacial score (nSPS) is 26.2. The van der Waals surface area contributed by atoms with Gasteiger partial charge in [-0.1, -0.05) is 26.7 Å². The van der Waals surface area contributed by atoms with Crippen LogP contribution in [0.2, 0.25) is 0 Å². The van der Waals surface area contributed by atoms with Gasteiger partial charge in [-0.3, -0.25) is 0 Å². The highest BCUT2D eigenvalue weighted by atomic mass is 16.6. The van der Waals surface area contributed by atoms with E-state index in [2.05, 4.69) is 11.9 Å². The lowest BCUT2D eigenvalue weighted by Crippen LogP contribution is -2.45. The average molecular weight is 227 g/mol. The molecule has 2 atom stereocenters. The number of hydrogen-bond acceptors (Lipinski definition) is 3. The van der Waals surface area contributed by atoms with Gasteiger partial charge in [0.25, 0.3) is 0 Å². The topological polar surface area (TPSA) is 76.0 Å². The molecule has 0 saturated heterocycles. The molecule has 0 fully saturated rings. The van der Waals surface area contributed by atoms with E-state index in [4.69, 9.17) is 9.84 Å². The van der Waals surface area contributed by atoms with E-state index >= 15 is 0 Å². The maximum absolute atomic E-state index is 11.1. The minimum Gasteiger partial charge on any atom is -0.478 e. The van der Waals surface area contributed by atoms with Gasteiger partial charge in [0.05, 0.1) is 5.71 Å². The first-order chi connectivity index (χ1) is 7.41. The number of rotatable bonds is 5. The molecule has 0 unspecified atom stereocenters. The second-order valence-electron chi connectivity index (χ2n) is 4.25. The Morgan fingerprint density at radius 3 is 2.75 bits per heavy atom. The fourth-order valence-corrected chi connectivity index (χ4v) is 1.84. The second kappa shape index (κ2) is 4.63. The molecule has 5 heteroatoms. The molecule has 0 bridgehead atoms. The molecule has 0 spiro atoms. The van der Waals surface area contributed by atoms with Gasteiger partial charge in [0.2, 0.25) is 5.60 Å². The zero-order valence-electron chi connectivity index (χ0n) is 9.82. The van der Waals surface area contributed by atoms with Gasteiger partial charge in [-0.15, -0.1) is 0 Å². The Bertz CT molecular complexity index is 337. The Hall–Kier alpha value is -1.39. The number of cyclic esters (lactones) is 1. The predicted molar refractivity (Wildman–Crippen MR) is 58.6 cm³/mol. The quantitative estimate of drug-likeness (QED) is 0.781. The highest BCUT2D eigenvalue weighted by molar-refractivity contribution is 6.16. The molecular weight excluding hydrogens is 210 g/mol. The molecule has 0 aromatic heterocycles. The summed E-state index contributed by atoms with van der Waals surface area (Å²) in [6.07, 6.45) is 2.01. The summed E-state index contributed by atoms with van der Waals surface area (Å²) < 4.78 is 4.78. The molecule has 1 amide bonds. The van der Waals surface area contributed by atoms with Crippen LogP contribution in [-0.2, 0) is 9.53 Å². The van der Waals surface area contributed by atoms with Crippen molar-refractivity contribution in [1.82, 2.24) is 0 Å². The van der Waals surface area contributed by atoms with Crippen LogP contribution in [0.25, 0.3) is 0 Å². The van der Waals surface area contributed by atoms with E-state index in [0.29, 0.717) is 5.71 Å². The number of aliphatic imine (C=N–C) groups is 1. The summed E-state index contributed by atoms with van der Waals surface area (Å²) in [6.45, 7) is 5.31. The Morgan fingerprint density at radius 2 is 2.25 bits per heavy atom. The van der Waals surface area contributed by atoms with Crippen LogP contribution in [0.15, 0.2) is 4.99 Å². The van der Waals surface area contributed by atoms with Crippen LogP contribution in [0.5, 0.6) is 0 Å². The van der Waals surface area contributed by atoms with E-state index in [9.17, 15) is 9.59 Å². The monoisotopic (exact) mass is 227 g/mol. The molecule has 0 aromatic rings. The van der Waals surface area contributed by atoms with Crippen LogP contribution in [0.4, 0.5) is 4.79 Å². The number of carbonyl (C=O) groups is 2. The van der Waals surface area contributed by atoms with Crippen molar-refractivity contribution in [1.29, 1.82) is 0 Å². The number of carboxylic acids is 1. The Balaban J connectivity index is 2.87. The Morgan fingerprint density at radius 1 is 1.62 bits per heavy atom. The van der Waals surface area contributed by atoms with E-state index < -0.39 is 17.7 Å². The molecule has 0 aliphatic carbocycles. The van der Waals surface area contributed by atoms with Gasteiger partial charge in [0.1, 0.15) is 0 Å². The molecule has 1 heterocycles. The van der Waals surface area contributed by atoms with Crippen LogP contribution in [0.3, 0.4) is 0 Å². The summed E-state index contributed by atoms with van der Waals surface area (Å²) in [5.74, 6) is -1.21. The number of nitrogens with zero attached hydrogens (tertiary/aromatic N) is 1. The van der Waals surface area contributed by atoms with Crippen LogP contribution in [-0.4, -0.2) is 28.5 Å². The SMILES string of the molecule is CCCC[C@H](C)C1=NC(=O)O[C@@]1(C)C(=O)O. The smallest absolute Gasteiger partial charge is 0.435 e. The molecule has 90 valence electrons. The van der Waals surface area contributed by atoms with Crippen molar-refractivity contribution in [3.63, 3.8) is 0 Å². The van der Waals surface area contributed by atoms with Gasteiger partial charge in [0, 0.05) is 0 Å². The van der Waals surface area contributed by atoms with E-state index in [1.165, 1.54) is 6.92 Å². The second-order valence-corrected chi connectivity index (χ2v) is 4.25. The van der Waals surface area contributed by atoms with Crippen molar-refractivity contribution in [3.05, 3.63) is 0 Å². The number of carbonyl (C=O) groups excluding carboxylic acids is 1. The maximum Gasteiger partial charge on any atom is 0.435 e. The fourth-order valence-electron chi connectivity index (χ4n) is 1.84. The standard InChI is InChI=1S/C11H17NO4/c1-4-5-6-7(2)8-11(3,9(13)14)16-10(15)12-8/h7H,4-6H2,1-3H3,(H,13,14)/t7-,11+/m0/s1. The molecule has 0 saturated carbocycles. The number of ether oxygens (including phenoxy) is 1. The summed E-state index contributed by atoms with van der Waals surface area (Å²) in [4.78, 5) is 25.9. The number of carboxylic acid groups (broad SMARTS) is 1. The summed E-state index contributed by atoms with van der Waals surface area (Å²) in [5.41, 5.74) is -1.25. The lowest BCUT2D eigenvalue weighted by Gasteiger charge is -2.23. The minimum atomic E-state index is -1.58. The first kappa shape index (κ1) is 12.7. The number of amides is 1. The molecule has 0 aromatic carbocycles. The van der Waals surface area contributed by atoms with Crippen molar-refractivity contribution in [2.75, 3.05) is 0 Å². The van der Waals surface area contributed by atoms with Crippen LogP contribution >= 0.6 is 0 Å². The third kappa shape index (κ3) is 2.23. The number of aliphatic carboxylic acids is 1. The van der Waals surface area contributed by atoms with Gasteiger partial charge < -0.3 is 9.84 Å². The van der Waals surface area contributed by atoms with E-state index in [1.807, 2.05) is 6.92 Å². The third-order valence-electron chi connectivity index (χ3n) is 2.86. The average Bonchev–Trinajstić information content (AvgIpc) is 2.52. The molecule has 0 radical (unpaired) electrons. The molecule has 1 aliphatic rings. The summed E-state index contributed by atoms with van der Waals surface area (Å²) in [7, 11) is 0. The summed E-state index contributed by atoms with van der Waals surface area (Å²) >= 11 is 0. The minimum absolute atomic E-state index is 0.0486. The largest absolute Gasteiger partial charge is 0.478 e. The van der Waals surface area contributed by atoms with Gasteiger partial charge in [0.15, 0.2) is 0 Å².